The molecule has 4 N–H and O–H groups in total. The highest BCUT2D eigenvalue weighted by atomic mass is 35.5. The minimum Gasteiger partial charge on any atom is -0.489 e. The molecule has 0 bridgehead atoms. The van der Waals surface area contributed by atoms with E-state index >= 15 is 0 Å². The number of ether oxygens (including phenoxy) is 1. The smallest absolute Gasteiger partial charge is 0.234 e. The maximum absolute atomic E-state index is 13.6. The van der Waals surface area contributed by atoms with E-state index in [1.807, 2.05) is 4.90 Å². The van der Waals surface area contributed by atoms with Gasteiger partial charge in [0.15, 0.2) is 11.6 Å². The van der Waals surface area contributed by atoms with Gasteiger partial charge in [-0.2, -0.15) is 0 Å². The highest BCUT2D eigenvalue weighted by Crippen LogP contribution is 2.28. The summed E-state index contributed by atoms with van der Waals surface area (Å²) in [5.41, 5.74) is 6.90. The number of rotatable bonds is 7. The van der Waals surface area contributed by atoms with E-state index in [1.54, 1.807) is 6.07 Å². The molecule has 33 heavy (non-hydrogen) atoms. The van der Waals surface area contributed by atoms with E-state index in [-0.39, 0.29) is 49.0 Å². The lowest BCUT2D eigenvalue weighted by Gasteiger charge is -2.28. The third-order valence-corrected chi connectivity index (χ3v) is 5.92. The average molecular weight is 495 g/mol. The molecule has 1 aliphatic rings. The van der Waals surface area contributed by atoms with Crippen LogP contribution in [0, 0.1) is 17.7 Å². The number of aliphatic hydroxyl groups is 1. The van der Waals surface area contributed by atoms with Crippen LogP contribution in [0.1, 0.15) is 24.0 Å². The number of piperidine rings is 1. The van der Waals surface area contributed by atoms with Gasteiger partial charge in [0.2, 0.25) is 5.91 Å². The number of likely N-dealkylation sites (tertiary alicyclic amines) is 1. The molecule has 0 unspecified atom stereocenters. The first-order valence-corrected chi connectivity index (χ1v) is 11.3. The van der Waals surface area contributed by atoms with Crippen molar-refractivity contribution >= 4 is 34.9 Å². The van der Waals surface area contributed by atoms with Crippen LogP contribution in [0.4, 0.5) is 10.2 Å². The Morgan fingerprint density at radius 2 is 2.12 bits per heavy atom. The molecule has 3 rings (SSSR count). The van der Waals surface area contributed by atoms with Gasteiger partial charge in [0.1, 0.15) is 5.82 Å². The van der Waals surface area contributed by atoms with Gasteiger partial charge in [0.25, 0.3) is 0 Å². The van der Waals surface area contributed by atoms with Gasteiger partial charge in [-0.1, -0.05) is 35.0 Å². The summed E-state index contributed by atoms with van der Waals surface area (Å²) >= 11 is 12.1. The van der Waals surface area contributed by atoms with E-state index in [0.717, 1.165) is 0 Å². The number of carbonyl (C=O) groups excluding carboxylic acids is 1. The van der Waals surface area contributed by atoms with Crippen molar-refractivity contribution in [3.05, 3.63) is 51.4 Å². The number of halogens is 3. The summed E-state index contributed by atoms with van der Waals surface area (Å²) in [4.78, 5) is 18.1. The van der Waals surface area contributed by atoms with Gasteiger partial charge in [-0.05, 0) is 30.5 Å². The van der Waals surface area contributed by atoms with Gasteiger partial charge in [-0.3, -0.25) is 9.69 Å². The van der Waals surface area contributed by atoms with Crippen molar-refractivity contribution in [2.75, 3.05) is 38.5 Å². The monoisotopic (exact) mass is 494 g/mol. The van der Waals surface area contributed by atoms with E-state index in [9.17, 15) is 14.3 Å². The fraction of sp³-hybridized carbons (Fsp3) is 0.391. The van der Waals surface area contributed by atoms with Crippen LogP contribution in [0.2, 0.25) is 10.0 Å². The number of nitrogens with one attached hydrogen (secondary N) is 1. The van der Waals surface area contributed by atoms with E-state index in [1.165, 1.54) is 18.3 Å². The summed E-state index contributed by atoms with van der Waals surface area (Å²) in [7, 11) is 0. The molecule has 0 aliphatic carbocycles. The fourth-order valence-corrected chi connectivity index (χ4v) is 3.89. The zero-order chi connectivity index (χ0) is 23.8. The first kappa shape index (κ1) is 25.1. The lowest BCUT2D eigenvalue weighted by Crippen LogP contribution is -2.42. The minimum absolute atomic E-state index is 0.0308. The van der Waals surface area contributed by atoms with Crippen molar-refractivity contribution < 1.29 is 19.0 Å². The van der Waals surface area contributed by atoms with E-state index in [4.69, 9.17) is 33.7 Å². The standard InChI is InChI=1S/C23H25Cl2FN4O3/c24-18-3-4-19(26)22(25)17(18)7-11-33-20-12-15(13-29-23(20)27)2-1-8-28-21(32)14-30-9-5-16(31)6-10-30/h3-4,12-13,16,31H,5-11,14H2,(H2,27,29)(H,28,32). The van der Waals surface area contributed by atoms with Gasteiger partial charge < -0.3 is 20.9 Å². The number of hydrogen-bond acceptors (Lipinski definition) is 6. The zero-order valence-corrected chi connectivity index (χ0v) is 19.4. The molecule has 0 saturated carbocycles. The summed E-state index contributed by atoms with van der Waals surface area (Å²) in [5, 5.41) is 12.6. The summed E-state index contributed by atoms with van der Waals surface area (Å²) in [6.45, 7) is 2.05. The summed E-state index contributed by atoms with van der Waals surface area (Å²) in [6, 6.07) is 4.30. The number of aliphatic hydroxyl groups excluding tert-OH is 1. The first-order valence-electron chi connectivity index (χ1n) is 10.5. The highest BCUT2D eigenvalue weighted by Gasteiger charge is 2.18. The molecule has 1 saturated heterocycles. The molecular formula is C23H25Cl2FN4O3. The fourth-order valence-electron chi connectivity index (χ4n) is 3.33. The maximum atomic E-state index is 13.6. The van der Waals surface area contributed by atoms with Crippen LogP contribution in [0.15, 0.2) is 24.4 Å². The van der Waals surface area contributed by atoms with Gasteiger partial charge in [0, 0.05) is 42.4 Å². The van der Waals surface area contributed by atoms with Crippen molar-refractivity contribution in [2.45, 2.75) is 25.4 Å². The van der Waals surface area contributed by atoms with E-state index in [0.29, 0.717) is 47.8 Å². The van der Waals surface area contributed by atoms with E-state index < -0.39 is 5.82 Å². The Balaban J connectivity index is 1.49. The maximum Gasteiger partial charge on any atom is 0.234 e. The van der Waals surface area contributed by atoms with Crippen molar-refractivity contribution in [1.29, 1.82) is 0 Å². The number of nitrogen functional groups attached to an aromatic ring is 1. The van der Waals surface area contributed by atoms with Crippen molar-refractivity contribution in [1.82, 2.24) is 15.2 Å². The first-order chi connectivity index (χ1) is 15.8. The molecule has 10 heteroatoms. The Kier molecular flexibility index (Phi) is 9.15. The molecule has 0 spiro atoms. The van der Waals surface area contributed by atoms with Gasteiger partial charge in [-0.25, -0.2) is 9.37 Å². The van der Waals surface area contributed by atoms with Crippen LogP contribution in [-0.4, -0.2) is 59.8 Å². The largest absolute Gasteiger partial charge is 0.489 e. The van der Waals surface area contributed by atoms with Crippen LogP contribution in [0.5, 0.6) is 5.75 Å². The number of benzene rings is 1. The zero-order valence-electron chi connectivity index (χ0n) is 17.9. The Labute approximate surface area is 202 Å². The summed E-state index contributed by atoms with van der Waals surface area (Å²) < 4.78 is 19.3. The van der Waals surface area contributed by atoms with Crippen LogP contribution < -0.4 is 15.8 Å². The second-order valence-electron chi connectivity index (χ2n) is 7.61. The molecule has 1 aromatic carbocycles. The predicted octanol–water partition coefficient (Wildman–Crippen LogP) is 2.66. The third-order valence-electron chi connectivity index (χ3n) is 5.16. The number of amides is 1. The van der Waals surface area contributed by atoms with Crippen molar-refractivity contribution in [3.63, 3.8) is 0 Å². The molecule has 1 fully saturated rings. The van der Waals surface area contributed by atoms with Crippen LogP contribution in [0.3, 0.4) is 0 Å². The third kappa shape index (κ3) is 7.47. The topological polar surface area (TPSA) is 101 Å². The number of nitrogens with zero attached hydrogens (tertiary/aromatic N) is 2. The number of pyridine rings is 1. The number of aromatic nitrogens is 1. The van der Waals surface area contributed by atoms with Gasteiger partial charge >= 0.3 is 0 Å². The normalized spacial score (nSPS) is 14.4. The molecular weight excluding hydrogens is 470 g/mol. The second kappa shape index (κ2) is 12.1. The Hall–Kier alpha value is -2.57. The average Bonchev–Trinajstić information content (AvgIpc) is 2.79. The number of hydrogen-bond donors (Lipinski definition) is 3. The molecule has 2 heterocycles. The van der Waals surface area contributed by atoms with Crippen LogP contribution >= 0.6 is 23.2 Å². The Bertz CT molecular complexity index is 1050. The molecule has 1 aliphatic heterocycles. The van der Waals surface area contributed by atoms with Crippen molar-refractivity contribution in [2.24, 2.45) is 0 Å². The van der Waals surface area contributed by atoms with Crippen LogP contribution in [0.25, 0.3) is 0 Å². The molecule has 176 valence electrons. The number of nitrogens with two attached hydrogens (primary N) is 1. The SMILES string of the molecule is Nc1ncc(C#CCNC(=O)CN2CCC(O)CC2)cc1OCCc1c(Cl)ccc(F)c1Cl. The molecule has 7 nitrogen and oxygen atoms in total. The Morgan fingerprint density at radius 1 is 1.36 bits per heavy atom. The minimum atomic E-state index is -0.545. The Morgan fingerprint density at radius 3 is 2.88 bits per heavy atom. The summed E-state index contributed by atoms with van der Waals surface area (Å²) in [6.07, 6.45) is 2.89. The lowest BCUT2D eigenvalue weighted by atomic mass is 10.1. The quantitative estimate of drug-likeness (QED) is 0.404. The summed E-state index contributed by atoms with van der Waals surface area (Å²) in [5.74, 6) is 5.65. The van der Waals surface area contributed by atoms with Gasteiger partial charge in [-0.15, -0.1) is 0 Å². The predicted molar refractivity (Wildman–Crippen MR) is 126 cm³/mol. The molecule has 1 aromatic heterocycles. The molecule has 0 radical (unpaired) electrons. The van der Waals surface area contributed by atoms with E-state index in [2.05, 4.69) is 22.1 Å². The molecule has 0 atom stereocenters. The molecule has 2 aromatic rings. The number of anilines is 1. The second-order valence-corrected chi connectivity index (χ2v) is 8.40. The van der Waals surface area contributed by atoms with Crippen LogP contribution in [-0.2, 0) is 11.2 Å². The van der Waals surface area contributed by atoms with Crippen molar-refractivity contribution in [3.8, 4) is 17.6 Å². The number of carbonyl (C=O) groups is 1. The lowest BCUT2D eigenvalue weighted by molar-refractivity contribution is -0.122. The molecule has 1 amide bonds. The highest BCUT2D eigenvalue weighted by molar-refractivity contribution is 6.36. The van der Waals surface area contributed by atoms with Gasteiger partial charge in [0.05, 0.1) is 30.8 Å².